The van der Waals surface area contributed by atoms with Gasteiger partial charge in [0.25, 0.3) is 0 Å². The minimum atomic E-state index is -0.449. The monoisotopic (exact) mass is 136 g/mol. The van der Waals surface area contributed by atoms with E-state index in [1.807, 2.05) is 0 Å². The van der Waals surface area contributed by atoms with Crippen molar-refractivity contribution >= 4 is 29.1 Å². The molecule has 1 aromatic heterocycles. The molecule has 1 amide bonds. The summed E-state index contributed by atoms with van der Waals surface area (Å²) in [6.45, 7) is 0. The summed E-state index contributed by atoms with van der Waals surface area (Å²) in [5.74, 6) is 0. The van der Waals surface area contributed by atoms with Crippen LogP contribution in [-0.2, 0) is 0 Å². The van der Waals surface area contributed by atoms with Gasteiger partial charge in [-0.1, -0.05) is 0 Å². The molecule has 4 heteroatoms. The lowest BCUT2D eigenvalue weighted by Gasteiger charge is -1.88. The third kappa shape index (κ3) is 2.07. The molecular weight excluding hydrogens is 128 g/mol. The van der Waals surface area contributed by atoms with E-state index in [1.54, 1.807) is 24.5 Å². The van der Waals surface area contributed by atoms with Crippen LogP contribution in [0.4, 0.5) is 4.79 Å². The van der Waals surface area contributed by atoms with Crippen molar-refractivity contribution in [1.82, 2.24) is 4.57 Å². The fraction of sp³-hybridized carbons (Fsp3) is 0. The molecule has 0 saturated carbocycles. The molecule has 0 aliphatic heterocycles. The van der Waals surface area contributed by atoms with Gasteiger partial charge in [0.05, 0.1) is 0 Å². The molecule has 0 atom stereocenters. The van der Waals surface area contributed by atoms with Crippen molar-refractivity contribution in [2.45, 2.75) is 0 Å². The fourth-order valence-corrected chi connectivity index (χ4v) is 0.481. The number of carbonyl (C=O) groups is 1. The molecule has 2 N–H and O–H groups in total. The first-order valence-electron chi connectivity index (χ1n) is 2.23. The summed E-state index contributed by atoms with van der Waals surface area (Å²) in [6, 6.07) is 3.03. The van der Waals surface area contributed by atoms with E-state index in [1.165, 1.54) is 4.57 Å². The van der Waals surface area contributed by atoms with Gasteiger partial charge in [0.2, 0.25) is 0 Å². The molecule has 0 aliphatic rings. The van der Waals surface area contributed by atoms with E-state index in [0.29, 0.717) is 0 Å². The Labute approximate surface area is 69.0 Å². The molecule has 46 valence electrons. The van der Waals surface area contributed by atoms with Crippen LogP contribution in [0.25, 0.3) is 0 Å². The van der Waals surface area contributed by atoms with Crippen molar-refractivity contribution in [2.75, 3.05) is 0 Å². The lowest BCUT2D eigenvalue weighted by Crippen LogP contribution is -2.16. The summed E-state index contributed by atoms with van der Waals surface area (Å²) in [7, 11) is 0. The fourth-order valence-electron chi connectivity index (χ4n) is 0.481. The number of primary amides is 1. The van der Waals surface area contributed by atoms with Gasteiger partial charge in [0.15, 0.2) is 0 Å². The lowest BCUT2D eigenvalue weighted by atomic mass is 10.7. The molecule has 0 saturated heterocycles. The van der Waals surface area contributed by atoms with Gasteiger partial charge in [0.1, 0.15) is 0 Å². The predicted octanol–water partition coefficient (Wildman–Crippen LogP) is -0.501. The maximum atomic E-state index is 10.2. The summed E-state index contributed by atoms with van der Waals surface area (Å²) in [4.78, 5) is 10.2. The second-order valence-corrected chi connectivity index (χ2v) is 1.43. The number of hydrogen-bond donors (Lipinski definition) is 1. The molecule has 0 unspecified atom stereocenters. The van der Waals surface area contributed by atoms with Gasteiger partial charge in [-0.3, -0.25) is 4.57 Å². The van der Waals surface area contributed by atoms with Crippen LogP contribution in [0.15, 0.2) is 24.5 Å². The predicted molar refractivity (Wildman–Crippen MR) is 38.0 cm³/mol. The standard InChI is InChI=1S/C5H6N2O.Mg.2H/c6-5(8)7-3-1-2-4-7;;;/h1-4H,(H2,6,8);;;. The molecule has 0 aliphatic carbocycles. The maximum Gasteiger partial charge on any atom is 0.322 e. The van der Waals surface area contributed by atoms with Gasteiger partial charge in [-0.15, -0.1) is 0 Å². The minimum absolute atomic E-state index is 0. The highest BCUT2D eigenvalue weighted by atomic mass is 24.3. The van der Waals surface area contributed by atoms with Crippen LogP contribution >= 0.6 is 0 Å². The van der Waals surface area contributed by atoms with Crippen molar-refractivity contribution in [2.24, 2.45) is 5.73 Å². The van der Waals surface area contributed by atoms with E-state index >= 15 is 0 Å². The zero-order valence-corrected chi connectivity index (χ0v) is 4.24. The second kappa shape index (κ2) is 3.52. The topological polar surface area (TPSA) is 48.0 Å². The minimum Gasteiger partial charge on any atom is -0.351 e. The van der Waals surface area contributed by atoms with E-state index in [4.69, 9.17) is 5.73 Å². The van der Waals surface area contributed by atoms with Crippen LogP contribution in [0.3, 0.4) is 0 Å². The molecule has 1 heterocycles. The molecule has 9 heavy (non-hydrogen) atoms. The molecular formula is C5H8MgN2O. The van der Waals surface area contributed by atoms with E-state index in [0.717, 1.165) is 0 Å². The molecule has 3 nitrogen and oxygen atoms in total. The average Bonchev–Trinajstić information content (AvgIpc) is 2.12. The summed E-state index contributed by atoms with van der Waals surface area (Å²) >= 11 is 0. The third-order valence-electron chi connectivity index (χ3n) is 0.859. The van der Waals surface area contributed by atoms with Gasteiger partial charge in [0, 0.05) is 12.4 Å². The number of carbonyl (C=O) groups excluding carboxylic acids is 1. The number of nitrogens with zero attached hydrogens (tertiary/aromatic N) is 1. The van der Waals surface area contributed by atoms with E-state index < -0.39 is 6.03 Å². The van der Waals surface area contributed by atoms with Gasteiger partial charge in [-0.05, 0) is 12.1 Å². The van der Waals surface area contributed by atoms with Crippen LogP contribution in [-0.4, -0.2) is 33.7 Å². The van der Waals surface area contributed by atoms with Crippen molar-refractivity contribution in [3.05, 3.63) is 24.5 Å². The van der Waals surface area contributed by atoms with Crippen molar-refractivity contribution in [3.63, 3.8) is 0 Å². The Morgan fingerprint density at radius 1 is 1.33 bits per heavy atom. The molecule has 0 bridgehead atoms. The molecule has 0 aromatic carbocycles. The first kappa shape index (κ1) is 8.52. The second-order valence-electron chi connectivity index (χ2n) is 1.43. The lowest BCUT2D eigenvalue weighted by molar-refractivity contribution is 0.250. The van der Waals surface area contributed by atoms with Crippen LogP contribution in [0.5, 0.6) is 0 Å². The van der Waals surface area contributed by atoms with Crippen molar-refractivity contribution < 1.29 is 4.79 Å². The molecule has 1 rings (SSSR count). The normalized spacial score (nSPS) is 8.00. The van der Waals surface area contributed by atoms with E-state index in [2.05, 4.69) is 0 Å². The Kier molecular flexibility index (Phi) is 3.33. The Hall–Kier alpha value is -0.484. The highest BCUT2D eigenvalue weighted by Gasteiger charge is 1.89. The van der Waals surface area contributed by atoms with Gasteiger partial charge in [-0.25, -0.2) is 4.79 Å². The first-order chi connectivity index (χ1) is 3.80. The zero-order valence-electron chi connectivity index (χ0n) is 4.24. The summed E-state index contributed by atoms with van der Waals surface area (Å²) in [5, 5.41) is 0. The van der Waals surface area contributed by atoms with Gasteiger partial charge >= 0.3 is 29.1 Å². The Morgan fingerprint density at radius 2 is 1.78 bits per heavy atom. The van der Waals surface area contributed by atoms with Crippen LogP contribution < -0.4 is 5.73 Å². The van der Waals surface area contributed by atoms with E-state index in [9.17, 15) is 4.79 Å². The highest BCUT2D eigenvalue weighted by molar-refractivity contribution is 5.75. The van der Waals surface area contributed by atoms with Crippen LogP contribution in [0.2, 0.25) is 0 Å². The largest absolute Gasteiger partial charge is 0.351 e. The number of nitrogens with two attached hydrogens (primary N) is 1. The molecule has 0 radical (unpaired) electrons. The zero-order chi connectivity index (χ0) is 5.98. The van der Waals surface area contributed by atoms with Crippen LogP contribution in [0.1, 0.15) is 0 Å². The van der Waals surface area contributed by atoms with Crippen molar-refractivity contribution in [1.29, 1.82) is 0 Å². The maximum absolute atomic E-state index is 10.2. The van der Waals surface area contributed by atoms with Gasteiger partial charge in [-0.2, -0.15) is 0 Å². The molecule has 0 fully saturated rings. The molecule has 0 spiro atoms. The average molecular weight is 136 g/mol. The summed E-state index contributed by atoms with van der Waals surface area (Å²) in [5.41, 5.74) is 4.88. The van der Waals surface area contributed by atoms with Crippen molar-refractivity contribution in [3.8, 4) is 0 Å². The summed E-state index contributed by atoms with van der Waals surface area (Å²) < 4.78 is 1.31. The first-order valence-corrected chi connectivity index (χ1v) is 2.23. The van der Waals surface area contributed by atoms with E-state index in [-0.39, 0.29) is 23.1 Å². The Balaban J connectivity index is 0.000000640. The molecule has 1 aromatic rings. The quantitative estimate of drug-likeness (QED) is 0.480. The Morgan fingerprint density at radius 3 is 2.00 bits per heavy atom. The van der Waals surface area contributed by atoms with Crippen LogP contribution in [0, 0.1) is 0 Å². The number of aromatic nitrogens is 1. The SMILES string of the molecule is NC(=O)n1cccc1.[MgH2]. The number of hydrogen-bond acceptors (Lipinski definition) is 1. The summed E-state index contributed by atoms with van der Waals surface area (Å²) in [6.07, 6.45) is 3.20. The number of rotatable bonds is 0. The smallest absolute Gasteiger partial charge is 0.322 e. The number of amides is 1. The highest BCUT2D eigenvalue weighted by Crippen LogP contribution is 1.85. The Bertz CT molecular complexity index is 183. The third-order valence-corrected chi connectivity index (χ3v) is 0.859. The van der Waals surface area contributed by atoms with Gasteiger partial charge < -0.3 is 5.73 Å².